The van der Waals surface area contributed by atoms with Crippen LogP contribution in [0, 0.1) is 0 Å². The van der Waals surface area contributed by atoms with Crippen LogP contribution in [-0.2, 0) is 9.59 Å². The van der Waals surface area contributed by atoms with Gasteiger partial charge in [0.2, 0.25) is 5.91 Å². The number of imide groups is 1. The Labute approximate surface area is 124 Å². The van der Waals surface area contributed by atoms with Gasteiger partial charge in [-0.25, -0.2) is 4.79 Å². The van der Waals surface area contributed by atoms with Crippen LogP contribution in [0.1, 0.15) is 46.0 Å². The number of carbonyl (C=O) groups is 3. The van der Waals surface area contributed by atoms with Crippen LogP contribution in [0.2, 0.25) is 0 Å². The third-order valence-electron chi connectivity index (χ3n) is 3.34. The molecule has 0 radical (unpaired) electrons. The number of carbonyl (C=O) groups excluding carboxylic acids is 2. The van der Waals surface area contributed by atoms with Crippen LogP contribution < -0.4 is 10.6 Å². The number of carboxylic acid groups (broad SMARTS) is 1. The van der Waals surface area contributed by atoms with Gasteiger partial charge in [0.1, 0.15) is 0 Å². The van der Waals surface area contributed by atoms with Gasteiger partial charge in [-0.05, 0) is 25.5 Å². The SMILES string of the molecule is CCC(CC)(CNC(=O)NC(=O)CCCC(=O)O)SC. The van der Waals surface area contributed by atoms with Gasteiger partial charge in [0.05, 0.1) is 0 Å². The fraction of sp³-hybridized carbons (Fsp3) is 0.769. The quantitative estimate of drug-likeness (QED) is 0.605. The Balaban J connectivity index is 4.04. The first-order valence-electron chi connectivity index (χ1n) is 6.73. The van der Waals surface area contributed by atoms with E-state index in [0.717, 1.165) is 12.8 Å². The van der Waals surface area contributed by atoms with Crippen molar-refractivity contribution in [2.24, 2.45) is 0 Å². The van der Waals surface area contributed by atoms with Gasteiger partial charge in [-0.3, -0.25) is 14.9 Å². The third kappa shape index (κ3) is 7.37. The second-order valence-corrected chi connectivity index (χ2v) is 5.85. The summed E-state index contributed by atoms with van der Waals surface area (Å²) in [5.74, 6) is -1.40. The van der Waals surface area contributed by atoms with Crippen LogP contribution in [0.3, 0.4) is 0 Å². The fourth-order valence-corrected chi connectivity index (χ4v) is 2.53. The summed E-state index contributed by atoms with van der Waals surface area (Å²) >= 11 is 1.70. The van der Waals surface area contributed by atoms with E-state index in [1.54, 1.807) is 11.8 Å². The standard InChI is InChI=1S/C13H24N2O4S/c1-4-13(5-2,20-3)9-14-12(19)15-10(16)7-6-8-11(17)18/h4-9H2,1-3H3,(H,17,18)(H2,14,15,16,19). The number of amides is 3. The minimum absolute atomic E-state index is 0.0102. The number of thioether (sulfide) groups is 1. The molecule has 0 heterocycles. The van der Waals surface area contributed by atoms with E-state index in [9.17, 15) is 14.4 Å². The highest BCUT2D eigenvalue weighted by Gasteiger charge is 2.25. The molecule has 0 aromatic carbocycles. The van der Waals surface area contributed by atoms with E-state index in [1.165, 1.54) is 0 Å². The molecule has 6 nitrogen and oxygen atoms in total. The van der Waals surface area contributed by atoms with Crippen molar-refractivity contribution < 1.29 is 19.5 Å². The van der Waals surface area contributed by atoms with Crippen molar-refractivity contribution in [1.29, 1.82) is 0 Å². The van der Waals surface area contributed by atoms with Crippen molar-refractivity contribution in [3.63, 3.8) is 0 Å². The highest BCUT2D eigenvalue weighted by molar-refractivity contribution is 8.00. The van der Waals surface area contributed by atoms with Crippen LogP contribution in [-0.4, -0.2) is 40.6 Å². The summed E-state index contributed by atoms with van der Waals surface area (Å²) in [5, 5.41) is 13.4. The molecule has 0 fully saturated rings. The number of hydrogen-bond acceptors (Lipinski definition) is 4. The first-order valence-corrected chi connectivity index (χ1v) is 7.96. The van der Waals surface area contributed by atoms with Crippen molar-refractivity contribution in [3.8, 4) is 0 Å². The zero-order valence-corrected chi connectivity index (χ0v) is 13.1. The largest absolute Gasteiger partial charge is 0.481 e. The van der Waals surface area contributed by atoms with Gasteiger partial charge in [-0.1, -0.05) is 13.8 Å². The number of aliphatic carboxylic acids is 1. The van der Waals surface area contributed by atoms with Gasteiger partial charge in [-0.2, -0.15) is 11.8 Å². The van der Waals surface area contributed by atoms with Crippen LogP contribution in [0.4, 0.5) is 4.79 Å². The number of urea groups is 1. The lowest BCUT2D eigenvalue weighted by molar-refractivity contribution is -0.137. The van der Waals surface area contributed by atoms with Crippen molar-refractivity contribution >= 4 is 29.7 Å². The summed E-state index contributed by atoms with van der Waals surface area (Å²) in [7, 11) is 0. The van der Waals surface area contributed by atoms with E-state index in [-0.39, 0.29) is 24.0 Å². The van der Waals surface area contributed by atoms with Gasteiger partial charge in [-0.15, -0.1) is 0 Å². The Kier molecular flexibility index (Phi) is 9.03. The minimum Gasteiger partial charge on any atom is -0.481 e. The van der Waals surface area contributed by atoms with E-state index < -0.39 is 17.9 Å². The summed E-state index contributed by atoms with van der Waals surface area (Å²) in [6.07, 6.45) is 4.05. The molecule has 0 saturated carbocycles. The molecular formula is C13H24N2O4S. The molecule has 3 N–H and O–H groups in total. The van der Waals surface area contributed by atoms with Crippen molar-refractivity contribution in [3.05, 3.63) is 0 Å². The third-order valence-corrected chi connectivity index (χ3v) is 4.93. The molecule has 0 saturated heterocycles. The zero-order chi connectivity index (χ0) is 15.6. The molecule has 3 amide bonds. The van der Waals surface area contributed by atoms with Gasteiger partial charge in [0.15, 0.2) is 0 Å². The topological polar surface area (TPSA) is 95.5 Å². The lowest BCUT2D eigenvalue weighted by Crippen LogP contribution is -2.45. The summed E-state index contributed by atoms with van der Waals surface area (Å²) in [6, 6.07) is -0.523. The van der Waals surface area contributed by atoms with Gasteiger partial charge < -0.3 is 10.4 Å². The summed E-state index contributed by atoms with van der Waals surface area (Å²) in [4.78, 5) is 33.3. The highest BCUT2D eigenvalue weighted by atomic mass is 32.2. The maximum absolute atomic E-state index is 11.6. The molecule has 0 aliphatic rings. The second kappa shape index (κ2) is 9.63. The van der Waals surface area contributed by atoms with E-state index in [2.05, 4.69) is 24.5 Å². The van der Waals surface area contributed by atoms with Crippen LogP contribution >= 0.6 is 11.8 Å². The number of carboxylic acids is 1. The molecule has 0 spiro atoms. The first kappa shape index (κ1) is 18.8. The van der Waals surface area contributed by atoms with E-state index >= 15 is 0 Å². The first-order chi connectivity index (χ1) is 9.39. The molecular weight excluding hydrogens is 280 g/mol. The minimum atomic E-state index is -0.946. The van der Waals surface area contributed by atoms with Crippen LogP contribution in [0.25, 0.3) is 0 Å². The average Bonchev–Trinajstić information content (AvgIpc) is 2.40. The lowest BCUT2D eigenvalue weighted by atomic mass is 10.0. The molecule has 7 heteroatoms. The Morgan fingerprint density at radius 2 is 1.75 bits per heavy atom. The van der Waals surface area contributed by atoms with E-state index in [0.29, 0.717) is 6.54 Å². The highest BCUT2D eigenvalue weighted by Crippen LogP contribution is 2.29. The molecule has 0 unspecified atom stereocenters. The Hall–Kier alpha value is -1.24. The number of hydrogen-bond donors (Lipinski definition) is 3. The molecule has 0 atom stereocenters. The summed E-state index contributed by atoms with van der Waals surface area (Å²) in [6.45, 7) is 4.63. The molecule has 0 aliphatic carbocycles. The molecule has 0 bridgehead atoms. The Morgan fingerprint density at radius 1 is 1.15 bits per heavy atom. The lowest BCUT2D eigenvalue weighted by Gasteiger charge is -2.29. The molecule has 0 aromatic rings. The smallest absolute Gasteiger partial charge is 0.321 e. The van der Waals surface area contributed by atoms with Gasteiger partial charge in [0, 0.05) is 24.1 Å². The summed E-state index contributed by atoms with van der Waals surface area (Å²) in [5.41, 5.74) is 0. The average molecular weight is 304 g/mol. The predicted molar refractivity (Wildman–Crippen MR) is 79.9 cm³/mol. The van der Waals surface area contributed by atoms with E-state index in [1.807, 2.05) is 6.26 Å². The van der Waals surface area contributed by atoms with Crippen LogP contribution in [0.15, 0.2) is 0 Å². The zero-order valence-electron chi connectivity index (χ0n) is 12.3. The molecule has 0 aromatic heterocycles. The Bertz CT molecular complexity index is 335. The summed E-state index contributed by atoms with van der Waals surface area (Å²) < 4.78 is -0.0102. The number of nitrogens with one attached hydrogen (secondary N) is 2. The van der Waals surface area contributed by atoms with Gasteiger partial charge in [0.25, 0.3) is 0 Å². The predicted octanol–water partition coefficient (Wildman–Crippen LogP) is 1.99. The van der Waals surface area contributed by atoms with Crippen LogP contribution in [0.5, 0.6) is 0 Å². The second-order valence-electron chi connectivity index (χ2n) is 4.57. The van der Waals surface area contributed by atoms with Gasteiger partial charge >= 0.3 is 12.0 Å². The normalized spacial score (nSPS) is 10.9. The fourth-order valence-electron chi connectivity index (χ4n) is 1.74. The monoisotopic (exact) mass is 304 g/mol. The maximum atomic E-state index is 11.6. The van der Waals surface area contributed by atoms with E-state index in [4.69, 9.17) is 5.11 Å². The number of rotatable bonds is 9. The van der Waals surface area contributed by atoms with Crippen molar-refractivity contribution in [1.82, 2.24) is 10.6 Å². The molecule has 0 aliphatic heterocycles. The molecule has 20 heavy (non-hydrogen) atoms. The molecule has 0 rings (SSSR count). The maximum Gasteiger partial charge on any atom is 0.321 e. The van der Waals surface area contributed by atoms with Crippen molar-refractivity contribution in [2.75, 3.05) is 12.8 Å². The van der Waals surface area contributed by atoms with Crippen molar-refractivity contribution in [2.45, 2.75) is 50.7 Å². The Morgan fingerprint density at radius 3 is 2.20 bits per heavy atom. The molecule has 116 valence electrons.